The van der Waals surface area contributed by atoms with E-state index in [9.17, 15) is 4.79 Å². The molecule has 1 aromatic heterocycles. The SMILES string of the molecule is Cc1ccc(-n2nnnc2SC(C)C(=O)N2CCc3ccccc3C2)cc1C. The molecular weight excluding hydrogens is 370 g/mol. The Bertz CT molecular complexity index is 1020. The molecule has 1 unspecified atom stereocenters. The van der Waals surface area contributed by atoms with Crippen LogP contribution in [-0.4, -0.2) is 42.8 Å². The summed E-state index contributed by atoms with van der Waals surface area (Å²) in [6.07, 6.45) is 0.902. The van der Waals surface area contributed by atoms with Crippen LogP contribution in [0.15, 0.2) is 47.6 Å². The van der Waals surface area contributed by atoms with Crippen LogP contribution in [0.4, 0.5) is 0 Å². The van der Waals surface area contributed by atoms with Gasteiger partial charge < -0.3 is 4.90 Å². The van der Waals surface area contributed by atoms with E-state index in [0.717, 1.165) is 18.7 Å². The van der Waals surface area contributed by atoms with Crippen molar-refractivity contribution in [2.45, 2.75) is 44.1 Å². The summed E-state index contributed by atoms with van der Waals surface area (Å²) in [5, 5.41) is 12.5. The van der Waals surface area contributed by atoms with Crippen LogP contribution in [0, 0.1) is 13.8 Å². The quantitative estimate of drug-likeness (QED) is 0.636. The van der Waals surface area contributed by atoms with E-state index in [-0.39, 0.29) is 11.2 Å². The summed E-state index contributed by atoms with van der Waals surface area (Å²) >= 11 is 1.40. The van der Waals surface area contributed by atoms with Crippen LogP contribution in [0.1, 0.15) is 29.2 Å². The molecule has 1 amide bonds. The zero-order valence-corrected chi connectivity index (χ0v) is 17.1. The summed E-state index contributed by atoms with van der Waals surface area (Å²) in [6.45, 7) is 7.49. The number of aryl methyl sites for hydroxylation is 2. The Balaban J connectivity index is 1.49. The van der Waals surface area contributed by atoms with Crippen LogP contribution in [-0.2, 0) is 17.8 Å². The highest BCUT2D eigenvalue weighted by atomic mass is 32.2. The number of tetrazole rings is 1. The number of carbonyl (C=O) groups is 1. The molecule has 0 radical (unpaired) electrons. The lowest BCUT2D eigenvalue weighted by Crippen LogP contribution is -2.40. The average molecular weight is 394 g/mol. The van der Waals surface area contributed by atoms with E-state index in [0.29, 0.717) is 11.7 Å². The third kappa shape index (κ3) is 3.67. The summed E-state index contributed by atoms with van der Waals surface area (Å²) in [7, 11) is 0. The Kier molecular flexibility index (Phi) is 5.17. The van der Waals surface area contributed by atoms with Crippen molar-refractivity contribution >= 4 is 17.7 Å². The summed E-state index contributed by atoms with van der Waals surface area (Å²) in [5.41, 5.74) is 5.88. The van der Waals surface area contributed by atoms with Crippen LogP contribution in [0.25, 0.3) is 5.69 Å². The molecule has 2 aromatic carbocycles. The minimum absolute atomic E-state index is 0.120. The van der Waals surface area contributed by atoms with Crippen molar-refractivity contribution in [1.29, 1.82) is 0 Å². The molecule has 0 fully saturated rings. The van der Waals surface area contributed by atoms with Crippen molar-refractivity contribution in [3.05, 3.63) is 64.7 Å². The lowest BCUT2D eigenvalue weighted by molar-refractivity contribution is -0.131. The molecule has 6 nitrogen and oxygen atoms in total. The second kappa shape index (κ2) is 7.75. The van der Waals surface area contributed by atoms with Gasteiger partial charge in [-0.05, 0) is 72.0 Å². The topological polar surface area (TPSA) is 63.9 Å². The molecule has 0 bridgehead atoms. The van der Waals surface area contributed by atoms with Gasteiger partial charge in [-0.2, -0.15) is 4.68 Å². The van der Waals surface area contributed by atoms with Crippen molar-refractivity contribution in [2.75, 3.05) is 6.54 Å². The fourth-order valence-corrected chi connectivity index (χ4v) is 4.31. The zero-order valence-electron chi connectivity index (χ0n) is 16.3. The van der Waals surface area contributed by atoms with Crippen molar-refractivity contribution in [3.63, 3.8) is 0 Å². The molecule has 1 aliphatic heterocycles. The molecule has 0 saturated heterocycles. The summed E-state index contributed by atoms with van der Waals surface area (Å²) in [5.74, 6) is 0.120. The van der Waals surface area contributed by atoms with Crippen molar-refractivity contribution in [2.24, 2.45) is 0 Å². The molecule has 144 valence electrons. The van der Waals surface area contributed by atoms with Crippen molar-refractivity contribution in [3.8, 4) is 5.69 Å². The summed E-state index contributed by atoms with van der Waals surface area (Å²) < 4.78 is 1.70. The average Bonchev–Trinajstić information content (AvgIpc) is 3.17. The minimum atomic E-state index is -0.262. The van der Waals surface area contributed by atoms with E-state index in [1.54, 1.807) is 4.68 Å². The van der Waals surface area contributed by atoms with E-state index in [4.69, 9.17) is 0 Å². The Morgan fingerprint density at radius 1 is 1.11 bits per heavy atom. The molecule has 7 heteroatoms. The molecule has 1 atom stereocenters. The Hall–Kier alpha value is -2.67. The van der Waals surface area contributed by atoms with Crippen LogP contribution < -0.4 is 0 Å². The molecule has 0 N–H and O–H groups in total. The van der Waals surface area contributed by atoms with Crippen LogP contribution in [0.5, 0.6) is 0 Å². The van der Waals surface area contributed by atoms with Gasteiger partial charge in [0.2, 0.25) is 11.1 Å². The van der Waals surface area contributed by atoms with Gasteiger partial charge >= 0.3 is 0 Å². The van der Waals surface area contributed by atoms with Gasteiger partial charge in [0, 0.05) is 13.1 Å². The van der Waals surface area contributed by atoms with Gasteiger partial charge in [0.05, 0.1) is 10.9 Å². The number of amides is 1. The van der Waals surface area contributed by atoms with Gasteiger partial charge in [0.15, 0.2) is 0 Å². The van der Waals surface area contributed by atoms with Crippen molar-refractivity contribution in [1.82, 2.24) is 25.1 Å². The minimum Gasteiger partial charge on any atom is -0.337 e. The predicted octanol–water partition coefficient (Wildman–Crippen LogP) is 3.34. The number of benzene rings is 2. The first kappa shape index (κ1) is 18.7. The van der Waals surface area contributed by atoms with E-state index in [1.807, 2.05) is 24.0 Å². The second-order valence-electron chi connectivity index (χ2n) is 7.18. The number of hydrogen-bond donors (Lipinski definition) is 0. The normalized spacial score (nSPS) is 14.6. The van der Waals surface area contributed by atoms with E-state index in [1.165, 1.54) is 34.0 Å². The molecule has 0 saturated carbocycles. The molecule has 28 heavy (non-hydrogen) atoms. The van der Waals surface area contributed by atoms with Crippen LogP contribution in [0.2, 0.25) is 0 Å². The smallest absolute Gasteiger partial charge is 0.236 e. The fourth-order valence-electron chi connectivity index (χ4n) is 3.42. The predicted molar refractivity (Wildman–Crippen MR) is 110 cm³/mol. The monoisotopic (exact) mass is 393 g/mol. The molecule has 4 rings (SSSR count). The first-order chi connectivity index (χ1) is 13.5. The first-order valence-electron chi connectivity index (χ1n) is 9.41. The number of nitrogens with zero attached hydrogens (tertiary/aromatic N) is 5. The number of fused-ring (bicyclic) bond motifs is 1. The van der Waals surface area contributed by atoms with Gasteiger partial charge in [-0.15, -0.1) is 5.10 Å². The van der Waals surface area contributed by atoms with Gasteiger partial charge in [0.1, 0.15) is 0 Å². The molecule has 0 spiro atoms. The number of carbonyl (C=O) groups excluding carboxylic acids is 1. The third-order valence-electron chi connectivity index (χ3n) is 5.25. The van der Waals surface area contributed by atoms with Gasteiger partial charge in [0.25, 0.3) is 0 Å². The fraction of sp³-hybridized carbons (Fsp3) is 0.333. The standard InChI is InChI=1S/C21H23N5OS/c1-14-8-9-19(12-15(14)2)26-21(22-23-24-26)28-16(3)20(27)25-11-10-17-6-4-5-7-18(17)13-25/h4-9,12,16H,10-11,13H2,1-3H3. The van der Waals surface area contributed by atoms with Gasteiger partial charge in [-0.1, -0.05) is 42.1 Å². The number of rotatable bonds is 4. The highest BCUT2D eigenvalue weighted by Gasteiger charge is 2.26. The number of thioether (sulfide) groups is 1. The van der Waals surface area contributed by atoms with E-state index in [2.05, 4.69) is 59.7 Å². The van der Waals surface area contributed by atoms with E-state index < -0.39 is 0 Å². The lowest BCUT2D eigenvalue weighted by Gasteiger charge is -2.30. The van der Waals surface area contributed by atoms with Gasteiger partial charge in [-0.25, -0.2) is 0 Å². The molecule has 0 aliphatic carbocycles. The second-order valence-corrected chi connectivity index (χ2v) is 8.49. The van der Waals surface area contributed by atoms with Crippen LogP contribution >= 0.6 is 11.8 Å². The first-order valence-corrected chi connectivity index (χ1v) is 10.3. The summed E-state index contributed by atoms with van der Waals surface area (Å²) in [6, 6.07) is 14.4. The third-order valence-corrected chi connectivity index (χ3v) is 6.27. The zero-order chi connectivity index (χ0) is 19.7. The maximum Gasteiger partial charge on any atom is 0.236 e. The number of hydrogen-bond acceptors (Lipinski definition) is 5. The molecular formula is C21H23N5OS. The highest BCUT2D eigenvalue weighted by molar-refractivity contribution is 8.00. The maximum atomic E-state index is 13.0. The largest absolute Gasteiger partial charge is 0.337 e. The number of aromatic nitrogens is 4. The van der Waals surface area contributed by atoms with Gasteiger partial charge in [-0.3, -0.25) is 4.79 Å². The summed E-state index contributed by atoms with van der Waals surface area (Å²) in [4.78, 5) is 14.9. The molecule has 1 aliphatic rings. The maximum absolute atomic E-state index is 13.0. The molecule has 2 heterocycles. The Morgan fingerprint density at radius 3 is 2.68 bits per heavy atom. The van der Waals surface area contributed by atoms with Crippen molar-refractivity contribution < 1.29 is 4.79 Å². The Morgan fingerprint density at radius 2 is 1.89 bits per heavy atom. The van der Waals surface area contributed by atoms with E-state index >= 15 is 0 Å². The lowest BCUT2D eigenvalue weighted by atomic mass is 10.00. The van der Waals surface area contributed by atoms with Crippen LogP contribution in [0.3, 0.4) is 0 Å². The Labute approximate surface area is 168 Å². The highest BCUT2D eigenvalue weighted by Crippen LogP contribution is 2.27. The molecule has 3 aromatic rings.